The Morgan fingerprint density at radius 3 is 2.58 bits per heavy atom. The maximum absolute atomic E-state index is 13.0. The zero-order valence-electron chi connectivity index (χ0n) is 10.1. The second-order valence-corrected chi connectivity index (χ2v) is 6.20. The van der Waals surface area contributed by atoms with Gasteiger partial charge >= 0.3 is 0 Å². The van der Waals surface area contributed by atoms with Crippen molar-refractivity contribution in [3.05, 3.63) is 59.7 Å². The maximum atomic E-state index is 13.0. The number of aliphatic hydroxyl groups excluding tert-OH is 1. The van der Waals surface area contributed by atoms with Crippen molar-refractivity contribution in [1.82, 2.24) is 4.98 Å². The summed E-state index contributed by atoms with van der Waals surface area (Å²) in [5.41, 5.74) is 0.640. The number of halogens is 1. The predicted molar refractivity (Wildman–Crippen MR) is 67.8 cm³/mol. The summed E-state index contributed by atoms with van der Waals surface area (Å²) in [6.07, 6.45) is 2.33. The van der Waals surface area contributed by atoms with Crippen molar-refractivity contribution >= 4 is 9.84 Å². The van der Waals surface area contributed by atoms with Crippen LogP contribution in [0.1, 0.15) is 17.2 Å². The van der Waals surface area contributed by atoms with Gasteiger partial charge in [-0.3, -0.25) is 4.98 Å². The van der Waals surface area contributed by atoms with Crippen molar-refractivity contribution in [3.63, 3.8) is 0 Å². The van der Waals surface area contributed by atoms with E-state index >= 15 is 0 Å². The second kappa shape index (κ2) is 5.07. The van der Waals surface area contributed by atoms with E-state index in [0.717, 1.165) is 18.5 Å². The third-order valence-corrected chi connectivity index (χ3v) is 3.75. The van der Waals surface area contributed by atoms with E-state index in [1.807, 2.05) is 0 Å². The minimum Gasteiger partial charge on any atom is -0.384 e. The SMILES string of the molecule is CS(=O)(=O)c1cccc(C(O)c2cncc(F)c2)c1. The molecular formula is C13H12FNO3S. The third-order valence-electron chi connectivity index (χ3n) is 2.64. The van der Waals surface area contributed by atoms with Crippen molar-refractivity contribution in [3.8, 4) is 0 Å². The molecule has 6 heteroatoms. The van der Waals surface area contributed by atoms with Gasteiger partial charge in [-0.15, -0.1) is 0 Å². The van der Waals surface area contributed by atoms with Gasteiger partial charge in [0.25, 0.3) is 0 Å². The Hall–Kier alpha value is -1.79. The molecule has 1 aromatic carbocycles. The van der Waals surface area contributed by atoms with E-state index in [1.54, 1.807) is 6.07 Å². The summed E-state index contributed by atoms with van der Waals surface area (Å²) in [6.45, 7) is 0. The van der Waals surface area contributed by atoms with Gasteiger partial charge in [0.1, 0.15) is 11.9 Å². The van der Waals surface area contributed by atoms with E-state index in [2.05, 4.69) is 4.98 Å². The molecule has 0 saturated carbocycles. The van der Waals surface area contributed by atoms with Crippen LogP contribution in [-0.2, 0) is 9.84 Å². The fourth-order valence-electron chi connectivity index (χ4n) is 1.69. The van der Waals surface area contributed by atoms with E-state index in [4.69, 9.17) is 0 Å². The van der Waals surface area contributed by atoms with Crippen molar-refractivity contribution in [2.24, 2.45) is 0 Å². The molecule has 4 nitrogen and oxygen atoms in total. The Balaban J connectivity index is 2.42. The average Bonchev–Trinajstić information content (AvgIpc) is 2.37. The summed E-state index contributed by atoms with van der Waals surface area (Å²) in [4.78, 5) is 3.75. The van der Waals surface area contributed by atoms with Crippen LogP contribution in [0.2, 0.25) is 0 Å². The zero-order valence-corrected chi connectivity index (χ0v) is 10.9. The molecule has 0 aliphatic heterocycles. The molecule has 0 fully saturated rings. The molecule has 2 aromatic rings. The Morgan fingerprint density at radius 1 is 1.21 bits per heavy atom. The van der Waals surface area contributed by atoms with Gasteiger partial charge in [-0.2, -0.15) is 0 Å². The number of sulfone groups is 1. The van der Waals surface area contributed by atoms with Gasteiger partial charge in [-0.1, -0.05) is 12.1 Å². The number of benzene rings is 1. The quantitative estimate of drug-likeness (QED) is 0.930. The molecule has 0 radical (unpaired) electrons. The summed E-state index contributed by atoms with van der Waals surface area (Å²) in [7, 11) is -3.35. The first-order chi connectivity index (χ1) is 8.88. The van der Waals surface area contributed by atoms with Crippen molar-refractivity contribution < 1.29 is 17.9 Å². The number of rotatable bonds is 3. The van der Waals surface area contributed by atoms with Crippen molar-refractivity contribution in [1.29, 1.82) is 0 Å². The summed E-state index contributed by atoms with van der Waals surface area (Å²) < 4.78 is 35.9. The van der Waals surface area contributed by atoms with Crippen LogP contribution >= 0.6 is 0 Å². The van der Waals surface area contributed by atoms with Gasteiger partial charge in [-0.25, -0.2) is 12.8 Å². The molecule has 0 bridgehead atoms. The first kappa shape index (κ1) is 13.6. The highest BCUT2D eigenvalue weighted by molar-refractivity contribution is 7.90. The molecule has 0 aliphatic rings. The number of aromatic nitrogens is 1. The van der Waals surface area contributed by atoms with Crippen LogP contribution in [0, 0.1) is 5.82 Å². The van der Waals surface area contributed by atoms with Gasteiger partial charge < -0.3 is 5.11 Å². The minimum absolute atomic E-state index is 0.105. The number of pyridine rings is 1. The molecule has 0 aliphatic carbocycles. The smallest absolute Gasteiger partial charge is 0.175 e. The lowest BCUT2D eigenvalue weighted by Crippen LogP contribution is -2.03. The van der Waals surface area contributed by atoms with Gasteiger partial charge in [0.2, 0.25) is 0 Å². The molecular weight excluding hydrogens is 269 g/mol. The molecule has 0 saturated heterocycles. The first-order valence-electron chi connectivity index (χ1n) is 5.46. The molecule has 2 rings (SSSR count). The molecule has 1 unspecified atom stereocenters. The highest BCUT2D eigenvalue weighted by Crippen LogP contribution is 2.23. The van der Waals surface area contributed by atoms with Crippen LogP contribution in [-0.4, -0.2) is 24.8 Å². The third kappa shape index (κ3) is 3.15. The van der Waals surface area contributed by atoms with Gasteiger partial charge in [-0.05, 0) is 23.8 Å². The topological polar surface area (TPSA) is 67.3 Å². The highest BCUT2D eigenvalue weighted by Gasteiger charge is 2.14. The summed E-state index contributed by atoms with van der Waals surface area (Å²) in [5, 5.41) is 10.1. The lowest BCUT2D eigenvalue weighted by molar-refractivity contribution is 0.219. The Labute approximate surface area is 110 Å². The van der Waals surface area contributed by atoms with E-state index < -0.39 is 21.8 Å². The van der Waals surface area contributed by atoms with E-state index in [1.165, 1.54) is 24.4 Å². The van der Waals surface area contributed by atoms with Gasteiger partial charge in [0.05, 0.1) is 11.1 Å². The first-order valence-corrected chi connectivity index (χ1v) is 7.35. The molecule has 100 valence electrons. The number of nitrogens with zero attached hydrogens (tertiary/aromatic N) is 1. The van der Waals surface area contributed by atoms with Crippen LogP contribution < -0.4 is 0 Å². The van der Waals surface area contributed by atoms with Crippen LogP contribution in [0.25, 0.3) is 0 Å². The Kier molecular flexibility index (Phi) is 3.64. The van der Waals surface area contributed by atoms with Gasteiger partial charge in [0.15, 0.2) is 9.84 Å². The minimum atomic E-state index is -3.35. The Bertz CT molecular complexity index is 701. The van der Waals surface area contributed by atoms with Crippen LogP contribution in [0.15, 0.2) is 47.6 Å². The van der Waals surface area contributed by atoms with E-state index in [9.17, 15) is 17.9 Å². The highest BCUT2D eigenvalue weighted by atomic mass is 32.2. The normalized spacial score (nSPS) is 13.2. The standard InChI is InChI=1S/C13H12FNO3S/c1-19(17,18)12-4-2-3-9(6-12)13(16)10-5-11(14)8-15-7-10/h2-8,13,16H,1H3. The van der Waals surface area contributed by atoms with Crippen LogP contribution in [0.5, 0.6) is 0 Å². The average molecular weight is 281 g/mol. The Morgan fingerprint density at radius 2 is 1.95 bits per heavy atom. The fraction of sp³-hybridized carbons (Fsp3) is 0.154. The summed E-state index contributed by atoms with van der Waals surface area (Å²) >= 11 is 0. The van der Waals surface area contributed by atoms with E-state index in [0.29, 0.717) is 5.56 Å². The number of hydrogen-bond acceptors (Lipinski definition) is 4. The van der Waals surface area contributed by atoms with Gasteiger partial charge in [0, 0.05) is 18.0 Å². The monoisotopic (exact) mass is 281 g/mol. The molecule has 0 spiro atoms. The molecule has 1 heterocycles. The van der Waals surface area contributed by atoms with Crippen LogP contribution in [0.3, 0.4) is 0 Å². The lowest BCUT2D eigenvalue weighted by atomic mass is 10.0. The maximum Gasteiger partial charge on any atom is 0.175 e. The fourth-order valence-corrected chi connectivity index (χ4v) is 2.36. The zero-order chi connectivity index (χ0) is 14.0. The second-order valence-electron chi connectivity index (χ2n) is 4.18. The van der Waals surface area contributed by atoms with Crippen molar-refractivity contribution in [2.45, 2.75) is 11.0 Å². The molecule has 1 atom stereocenters. The number of hydrogen-bond donors (Lipinski definition) is 1. The predicted octanol–water partition coefficient (Wildman–Crippen LogP) is 1.71. The van der Waals surface area contributed by atoms with Crippen LogP contribution in [0.4, 0.5) is 4.39 Å². The van der Waals surface area contributed by atoms with Crippen molar-refractivity contribution in [2.75, 3.05) is 6.26 Å². The molecule has 19 heavy (non-hydrogen) atoms. The summed E-state index contributed by atoms with van der Waals surface area (Å²) in [5.74, 6) is -0.559. The largest absolute Gasteiger partial charge is 0.384 e. The van der Waals surface area contributed by atoms with E-state index in [-0.39, 0.29) is 10.5 Å². The summed E-state index contributed by atoms with van der Waals surface area (Å²) in [6, 6.07) is 7.07. The molecule has 1 N–H and O–H groups in total. The molecule has 1 aromatic heterocycles. The molecule has 0 amide bonds. The lowest BCUT2D eigenvalue weighted by Gasteiger charge is -2.12. The number of aliphatic hydroxyl groups is 1.